The number of hydrogen-bond donors (Lipinski definition) is 1. The van der Waals surface area contributed by atoms with E-state index in [4.69, 9.17) is 13.7 Å². The second kappa shape index (κ2) is 8.53. The molecule has 28 heavy (non-hydrogen) atoms. The van der Waals surface area contributed by atoms with Crippen LogP contribution in [0, 0.1) is 13.8 Å². The molecule has 8 nitrogen and oxygen atoms in total. The van der Waals surface area contributed by atoms with Crippen LogP contribution in [-0.4, -0.2) is 59.4 Å². The lowest BCUT2D eigenvalue weighted by atomic mass is 10.1. The first-order valence-electron chi connectivity index (χ1n) is 9.60. The summed E-state index contributed by atoms with van der Waals surface area (Å²) < 4.78 is 16.5. The summed E-state index contributed by atoms with van der Waals surface area (Å²) in [5, 5.41) is 7.37. The molecule has 1 fully saturated rings. The maximum absolute atomic E-state index is 5.59. The molecular weight excluding hydrogens is 358 g/mol. The van der Waals surface area contributed by atoms with Gasteiger partial charge in [0.2, 0.25) is 5.95 Å². The second-order valence-electron chi connectivity index (χ2n) is 6.89. The Bertz CT molecular complexity index is 901. The van der Waals surface area contributed by atoms with Crippen molar-refractivity contribution in [2.45, 2.75) is 20.3 Å². The summed E-state index contributed by atoms with van der Waals surface area (Å²) in [6.07, 6.45) is 4.42. The molecule has 3 aromatic rings. The molecule has 0 bridgehead atoms. The Balaban J connectivity index is 1.48. The Labute approximate surface area is 163 Å². The van der Waals surface area contributed by atoms with Crippen molar-refractivity contribution in [2.24, 2.45) is 0 Å². The molecule has 0 radical (unpaired) electrons. The van der Waals surface area contributed by atoms with Crippen LogP contribution in [0.2, 0.25) is 0 Å². The number of furan rings is 1. The van der Waals surface area contributed by atoms with E-state index in [0.29, 0.717) is 23.2 Å². The second-order valence-corrected chi connectivity index (χ2v) is 6.89. The molecule has 0 amide bonds. The summed E-state index contributed by atoms with van der Waals surface area (Å²) in [7, 11) is 0. The van der Waals surface area contributed by atoms with Crippen molar-refractivity contribution in [3.8, 4) is 22.8 Å². The van der Waals surface area contributed by atoms with E-state index in [1.165, 1.54) is 0 Å². The standard InChI is InChI=1S/C20H25N5O3/c1-14-15(2)24-28-19(14)16-13-22-20(23-18(16)17-5-3-10-27-17)21-6-4-7-25-8-11-26-12-9-25/h3,5,10,13H,4,6-9,11-12H2,1-2H3,(H,21,22,23). The van der Waals surface area contributed by atoms with Crippen LogP contribution in [0.25, 0.3) is 22.8 Å². The van der Waals surface area contributed by atoms with Gasteiger partial charge in [-0.25, -0.2) is 9.97 Å². The Hall–Kier alpha value is -2.71. The molecule has 4 rings (SSSR count). The van der Waals surface area contributed by atoms with Gasteiger partial charge in [-0.1, -0.05) is 5.16 Å². The molecule has 0 saturated carbocycles. The lowest BCUT2D eigenvalue weighted by Crippen LogP contribution is -2.37. The third-order valence-corrected chi connectivity index (χ3v) is 4.98. The van der Waals surface area contributed by atoms with Crippen LogP contribution >= 0.6 is 0 Å². The third-order valence-electron chi connectivity index (χ3n) is 4.98. The summed E-state index contributed by atoms with van der Waals surface area (Å²) >= 11 is 0. The fourth-order valence-electron chi connectivity index (χ4n) is 3.23. The first kappa shape index (κ1) is 18.6. The molecule has 0 unspecified atom stereocenters. The molecule has 8 heteroatoms. The molecule has 1 N–H and O–H groups in total. The maximum Gasteiger partial charge on any atom is 0.223 e. The maximum atomic E-state index is 5.59. The molecule has 1 aliphatic heterocycles. The monoisotopic (exact) mass is 383 g/mol. The van der Waals surface area contributed by atoms with Crippen molar-refractivity contribution >= 4 is 5.95 Å². The van der Waals surface area contributed by atoms with Gasteiger partial charge in [0.1, 0.15) is 5.69 Å². The fourth-order valence-corrected chi connectivity index (χ4v) is 3.23. The minimum Gasteiger partial charge on any atom is -0.463 e. The molecule has 3 aromatic heterocycles. The summed E-state index contributed by atoms with van der Waals surface area (Å²) in [5.41, 5.74) is 3.29. The predicted octanol–water partition coefficient (Wildman–Crippen LogP) is 3.14. The summed E-state index contributed by atoms with van der Waals surface area (Å²) in [5.74, 6) is 1.91. The van der Waals surface area contributed by atoms with E-state index in [-0.39, 0.29) is 0 Å². The summed E-state index contributed by atoms with van der Waals surface area (Å²) in [6, 6.07) is 3.72. The van der Waals surface area contributed by atoms with Gasteiger partial charge >= 0.3 is 0 Å². The average Bonchev–Trinajstić information content (AvgIpc) is 3.37. The highest BCUT2D eigenvalue weighted by molar-refractivity contribution is 5.77. The minimum absolute atomic E-state index is 0.575. The van der Waals surface area contributed by atoms with Crippen molar-refractivity contribution in [2.75, 3.05) is 44.7 Å². The zero-order valence-electron chi connectivity index (χ0n) is 16.3. The number of anilines is 1. The topological polar surface area (TPSA) is 89.5 Å². The summed E-state index contributed by atoms with van der Waals surface area (Å²) in [4.78, 5) is 11.6. The number of aryl methyl sites for hydroxylation is 1. The first-order chi connectivity index (χ1) is 13.7. The van der Waals surface area contributed by atoms with Crippen LogP contribution in [0.3, 0.4) is 0 Å². The number of nitrogens with one attached hydrogen (secondary N) is 1. The van der Waals surface area contributed by atoms with Crippen LogP contribution in [0.5, 0.6) is 0 Å². The number of nitrogens with zero attached hydrogens (tertiary/aromatic N) is 4. The number of ether oxygens (including phenoxy) is 1. The Morgan fingerprint density at radius 1 is 1.21 bits per heavy atom. The van der Waals surface area contributed by atoms with Gasteiger partial charge in [-0.2, -0.15) is 0 Å². The smallest absolute Gasteiger partial charge is 0.223 e. The number of aromatic nitrogens is 3. The van der Waals surface area contributed by atoms with Gasteiger partial charge in [0.25, 0.3) is 0 Å². The van der Waals surface area contributed by atoms with Crippen molar-refractivity contribution in [3.63, 3.8) is 0 Å². The molecule has 148 valence electrons. The summed E-state index contributed by atoms with van der Waals surface area (Å²) in [6.45, 7) is 9.39. The van der Waals surface area contributed by atoms with Gasteiger partial charge in [-0.05, 0) is 38.9 Å². The highest BCUT2D eigenvalue weighted by Gasteiger charge is 2.20. The quantitative estimate of drug-likeness (QED) is 0.623. The highest BCUT2D eigenvalue weighted by Crippen LogP contribution is 2.33. The highest BCUT2D eigenvalue weighted by atomic mass is 16.5. The molecule has 0 aliphatic carbocycles. The lowest BCUT2D eigenvalue weighted by molar-refractivity contribution is 0.0378. The van der Waals surface area contributed by atoms with Gasteiger partial charge < -0.3 is 19.0 Å². The molecule has 0 aromatic carbocycles. The van der Waals surface area contributed by atoms with Gasteiger partial charge in [-0.3, -0.25) is 4.90 Å². The Morgan fingerprint density at radius 3 is 2.79 bits per heavy atom. The van der Waals surface area contributed by atoms with E-state index in [9.17, 15) is 0 Å². The van der Waals surface area contributed by atoms with Crippen LogP contribution in [0.15, 0.2) is 33.5 Å². The average molecular weight is 383 g/mol. The van der Waals surface area contributed by atoms with Crippen molar-refractivity contribution in [1.29, 1.82) is 0 Å². The van der Waals surface area contributed by atoms with E-state index in [2.05, 4.69) is 25.3 Å². The molecule has 1 saturated heterocycles. The van der Waals surface area contributed by atoms with Crippen LogP contribution in [-0.2, 0) is 4.74 Å². The minimum atomic E-state index is 0.575. The zero-order chi connectivity index (χ0) is 19.3. The van der Waals surface area contributed by atoms with Crippen LogP contribution in [0.1, 0.15) is 17.7 Å². The van der Waals surface area contributed by atoms with E-state index in [0.717, 1.165) is 62.6 Å². The number of morpholine rings is 1. The lowest BCUT2D eigenvalue weighted by Gasteiger charge is -2.26. The van der Waals surface area contributed by atoms with E-state index in [1.54, 1.807) is 12.5 Å². The van der Waals surface area contributed by atoms with Gasteiger partial charge in [0, 0.05) is 31.4 Å². The predicted molar refractivity (Wildman–Crippen MR) is 105 cm³/mol. The molecule has 4 heterocycles. The largest absolute Gasteiger partial charge is 0.463 e. The fraction of sp³-hybridized carbons (Fsp3) is 0.450. The van der Waals surface area contributed by atoms with E-state index >= 15 is 0 Å². The van der Waals surface area contributed by atoms with Gasteiger partial charge in [0.15, 0.2) is 11.5 Å². The Kier molecular flexibility index (Phi) is 5.68. The number of rotatable bonds is 7. The zero-order valence-corrected chi connectivity index (χ0v) is 16.3. The van der Waals surface area contributed by atoms with E-state index in [1.807, 2.05) is 26.0 Å². The van der Waals surface area contributed by atoms with Crippen LogP contribution < -0.4 is 5.32 Å². The van der Waals surface area contributed by atoms with Crippen molar-refractivity contribution in [3.05, 3.63) is 35.9 Å². The SMILES string of the molecule is Cc1noc(-c2cnc(NCCCN3CCOCC3)nc2-c2ccco2)c1C. The molecule has 1 aliphatic rings. The van der Waals surface area contributed by atoms with Crippen LogP contribution in [0.4, 0.5) is 5.95 Å². The van der Waals surface area contributed by atoms with Gasteiger partial charge in [-0.15, -0.1) is 0 Å². The molecule has 0 atom stereocenters. The molecular formula is C20H25N5O3. The third kappa shape index (κ3) is 4.07. The molecule has 0 spiro atoms. The van der Waals surface area contributed by atoms with Crippen molar-refractivity contribution < 1.29 is 13.7 Å². The normalized spacial score (nSPS) is 15.1. The van der Waals surface area contributed by atoms with E-state index < -0.39 is 0 Å². The number of hydrogen-bond acceptors (Lipinski definition) is 8. The van der Waals surface area contributed by atoms with Crippen molar-refractivity contribution in [1.82, 2.24) is 20.0 Å². The van der Waals surface area contributed by atoms with Gasteiger partial charge in [0.05, 0.1) is 30.7 Å². The Morgan fingerprint density at radius 2 is 2.07 bits per heavy atom. The first-order valence-corrected chi connectivity index (χ1v) is 9.60.